The van der Waals surface area contributed by atoms with E-state index in [-0.39, 0.29) is 19.3 Å². The molecule has 3 amide bonds. The number of nitrogens with one attached hydrogen (secondary N) is 3. The maximum absolute atomic E-state index is 12.8. The van der Waals surface area contributed by atoms with Crippen molar-refractivity contribution >= 4 is 41.4 Å². The second-order valence-corrected chi connectivity index (χ2v) is 8.29. The Morgan fingerprint density at radius 2 is 1.38 bits per heavy atom. The summed E-state index contributed by atoms with van der Waals surface area (Å²) in [6.45, 7) is 1.78. The molecule has 0 aliphatic carbocycles. The van der Waals surface area contributed by atoms with Crippen LogP contribution in [0.1, 0.15) is 45.4 Å². The van der Waals surface area contributed by atoms with E-state index in [1.54, 1.807) is 0 Å². The fourth-order valence-electron chi connectivity index (χ4n) is 2.64. The van der Waals surface area contributed by atoms with Crippen molar-refractivity contribution < 1.29 is 34.2 Å². The van der Waals surface area contributed by atoms with Crippen molar-refractivity contribution in [3.8, 4) is 0 Å². The number of carbonyl (C=O) groups is 5. The van der Waals surface area contributed by atoms with E-state index in [2.05, 4.69) is 16.0 Å². The molecule has 0 radical (unpaired) electrons. The van der Waals surface area contributed by atoms with Gasteiger partial charge in [-0.15, -0.1) is 0 Å². The third kappa shape index (κ3) is 12.5. The van der Waals surface area contributed by atoms with Crippen molar-refractivity contribution in [1.29, 1.82) is 0 Å². The van der Waals surface area contributed by atoms with Crippen LogP contribution in [0.25, 0.3) is 0 Å². The number of amides is 3. The Morgan fingerprint density at radius 3 is 1.84 bits per heavy atom. The zero-order valence-electron chi connectivity index (χ0n) is 18.5. The molecule has 0 saturated carbocycles. The molecule has 0 aromatic heterocycles. The van der Waals surface area contributed by atoms with Crippen LogP contribution in [0.3, 0.4) is 0 Å². The Morgan fingerprint density at radius 1 is 0.844 bits per heavy atom. The zero-order chi connectivity index (χ0) is 24.7. The molecule has 0 spiro atoms. The Balaban J connectivity index is 5.42. The number of hydrogen-bond acceptors (Lipinski definition) is 8. The summed E-state index contributed by atoms with van der Waals surface area (Å²) in [7, 11) is 0. The van der Waals surface area contributed by atoms with E-state index >= 15 is 0 Å². The number of rotatable bonds is 17. The summed E-state index contributed by atoms with van der Waals surface area (Å²) >= 11 is 1.43. The number of thioether (sulfide) groups is 1. The van der Waals surface area contributed by atoms with Crippen LogP contribution in [0.5, 0.6) is 0 Å². The average Bonchev–Trinajstić information content (AvgIpc) is 2.72. The van der Waals surface area contributed by atoms with Crippen molar-refractivity contribution in [1.82, 2.24) is 16.0 Å². The molecular formula is C19H35N5O7S. The minimum Gasteiger partial charge on any atom is -0.481 e. The molecule has 0 aromatic rings. The average molecular weight is 478 g/mol. The molecule has 184 valence electrons. The Labute approximate surface area is 191 Å². The summed E-state index contributed by atoms with van der Waals surface area (Å²) in [6.07, 6.45) is 2.68. The first-order valence-corrected chi connectivity index (χ1v) is 11.7. The van der Waals surface area contributed by atoms with E-state index in [4.69, 9.17) is 16.6 Å². The SMILES string of the molecule is CSCCC(NC(=O)C(CCCCN)NC(=O)C(CCC(=O)O)NC(=O)C(C)N)C(=O)O. The summed E-state index contributed by atoms with van der Waals surface area (Å²) in [5.74, 6) is -3.93. The van der Waals surface area contributed by atoms with Crippen LogP contribution in [0.2, 0.25) is 0 Å². The number of carbonyl (C=O) groups excluding carboxylic acids is 3. The monoisotopic (exact) mass is 477 g/mol. The zero-order valence-corrected chi connectivity index (χ0v) is 19.3. The number of nitrogens with two attached hydrogens (primary N) is 2. The smallest absolute Gasteiger partial charge is 0.326 e. The summed E-state index contributed by atoms with van der Waals surface area (Å²) in [5, 5.41) is 25.6. The predicted molar refractivity (Wildman–Crippen MR) is 120 cm³/mol. The van der Waals surface area contributed by atoms with Gasteiger partial charge in [0.25, 0.3) is 0 Å². The van der Waals surface area contributed by atoms with E-state index in [1.165, 1.54) is 18.7 Å². The van der Waals surface area contributed by atoms with Crippen LogP contribution >= 0.6 is 11.8 Å². The maximum atomic E-state index is 12.8. The predicted octanol–water partition coefficient (Wildman–Crippen LogP) is -1.38. The normalized spacial score (nSPS) is 14.5. The molecule has 0 aromatic carbocycles. The van der Waals surface area contributed by atoms with E-state index in [1.807, 2.05) is 6.26 Å². The van der Waals surface area contributed by atoms with Crippen molar-refractivity contribution in [3.63, 3.8) is 0 Å². The second kappa shape index (κ2) is 16.3. The Hall–Kier alpha value is -2.38. The molecule has 0 aliphatic heterocycles. The van der Waals surface area contributed by atoms with Crippen LogP contribution in [0, 0.1) is 0 Å². The van der Waals surface area contributed by atoms with Gasteiger partial charge < -0.3 is 37.6 Å². The second-order valence-electron chi connectivity index (χ2n) is 7.31. The summed E-state index contributed by atoms with van der Waals surface area (Å²) in [5.41, 5.74) is 11.0. The van der Waals surface area contributed by atoms with E-state index in [0.29, 0.717) is 25.1 Å². The first-order valence-electron chi connectivity index (χ1n) is 10.3. The largest absolute Gasteiger partial charge is 0.481 e. The van der Waals surface area contributed by atoms with Gasteiger partial charge in [0.2, 0.25) is 17.7 Å². The van der Waals surface area contributed by atoms with Crippen molar-refractivity contribution in [2.45, 2.75) is 69.6 Å². The van der Waals surface area contributed by atoms with Gasteiger partial charge in [0.05, 0.1) is 6.04 Å². The van der Waals surface area contributed by atoms with E-state index < -0.39 is 60.2 Å². The Kier molecular flexibility index (Phi) is 15.1. The molecule has 32 heavy (non-hydrogen) atoms. The van der Waals surface area contributed by atoms with E-state index in [0.717, 1.165) is 0 Å². The highest BCUT2D eigenvalue weighted by Crippen LogP contribution is 2.07. The van der Waals surface area contributed by atoms with Gasteiger partial charge in [-0.25, -0.2) is 4.79 Å². The van der Waals surface area contributed by atoms with Gasteiger partial charge in [0, 0.05) is 6.42 Å². The van der Waals surface area contributed by atoms with Crippen molar-refractivity contribution in [3.05, 3.63) is 0 Å². The van der Waals surface area contributed by atoms with Crippen LogP contribution in [-0.4, -0.2) is 82.6 Å². The van der Waals surface area contributed by atoms with Crippen LogP contribution in [0.15, 0.2) is 0 Å². The quantitative estimate of drug-likeness (QED) is 0.122. The summed E-state index contributed by atoms with van der Waals surface area (Å²) in [4.78, 5) is 59.8. The van der Waals surface area contributed by atoms with Crippen molar-refractivity contribution in [2.75, 3.05) is 18.6 Å². The lowest BCUT2D eigenvalue weighted by atomic mass is 10.1. The molecule has 4 unspecified atom stereocenters. The Bertz CT molecular complexity index is 648. The molecule has 0 saturated heterocycles. The number of aliphatic carboxylic acids is 2. The van der Waals surface area contributed by atoms with Gasteiger partial charge in [-0.2, -0.15) is 11.8 Å². The topological polar surface area (TPSA) is 214 Å². The van der Waals surface area contributed by atoms with Gasteiger partial charge in [0.15, 0.2) is 0 Å². The molecule has 0 bridgehead atoms. The van der Waals surface area contributed by atoms with E-state index in [9.17, 15) is 29.1 Å². The molecule has 0 heterocycles. The maximum Gasteiger partial charge on any atom is 0.326 e. The number of unbranched alkanes of at least 4 members (excludes halogenated alkanes) is 1. The van der Waals surface area contributed by atoms with Gasteiger partial charge >= 0.3 is 11.9 Å². The number of carboxylic acids is 2. The molecule has 0 fully saturated rings. The lowest BCUT2D eigenvalue weighted by Crippen LogP contribution is -2.57. The minimum atomic E-state index is -1.22. The first kappa shape index (κ1) is 29.6. The van der Waals surface area contributed by atoms with Gasteiger partial charge in [-0.3, -0.25) is 19.2 Å². The lowest BCUT2D eigenvalue weighted by molar-refractivity contribution is -0.142. The molecule has 12 nitrogen and oxygen atoms in total. The molecule has 4 atom stereocenters. The highest BCUT2D eigenvalue weighted by atomic mass is 32.2. The lowest BCUT2D eigenvalue weighted by Gasteiger charge is -2.25. The molecule has 0 aliphatic rings. The first-order chi connectivity index (χ1) is 15.0. The third-order valence-corrected chi connectivity index (χ3v) is 5.14. The fraction of sp³-hybridized carbons (Fsp3) is 0.737. The van der Waals surface area contributed by atoms with Crippen LogP contribution < -0.4 is 27.4 Å². The molecule has 0 rings (SSSR count). The van der Waals surface area contributed by atoms with Gasteiger partial charge in [-0.05, 0) is 57.6 Å². The fourth-order valence-corrected chi connectivity index (χ4v) is 3.11. The molecular weight excluding hydrogens is 442 g/mol. The minimum absolute atomic E-state index is 0.191. The standard InChI is InChI=1S/C19H35N5O7S/c1-11(21)16(27)22-13(6-7-15(25)26)18(29)23-12(5-3-4-9-20)17(28)24-14(19(30)31)8-10-32-2/h11-14H,3-10,20-21H2,1-2H3,(H,22,27)(H,23,29)(H,24,28)(H,25,26)(H,30,31). The van der Waals surface area contributed by atoms with Gasteiger partial charge in [-0.1, -0.05) is 0 Å². The molecule has 9 N–H and O–H groups in total. The third-order valence-electron chi connectivity index (χ3n) is 4.50. The van der Waals surface area contributed by atoms with Crippen LogP contribution in [-0.2, 0) is 24.0 Å². The summed E-state index contributed by atoms with van der Waals surface area (Å²) < 4.78 is 0. The highest BCUT2D eigenvalue weighted by molar-refractivity contribution is 7.98. The highest BCUT2D eigenvalue weighted by Gasteiger charge is 2.29. The van der Waals surface area contributed by atoms with Gasteiger partial charge in [0.1, 0.15) is 18.1 Å². The van der Waals surface area contributed by atoms with Crippen molar-refractivity contribution in [2.24, 2.45) is 11.5 Å². The number of carboxylic acid groups (broad SMARTS) is 2. The van der Waals surface area contributed by atoms with Crippen LogP contribution in [0.4, 0.5) is 0 Å². The summed E-state index contributed by atoms with van der Waals surface area (Å²) in [6, 6.07) is -4.35. The molecule has 13 heteroatoms. The number of hydrogen-bond donors (Lipinski definition) is 7.